The van der Waals surface area contributed by atoms with Crippen molar-refractivity contribution in [2.24, 2.45) is 10.1 Å². The molecule has 8 heteroatoms. The van der Waals surface area contributed by atoms with Crippen LogP contribution in [0, 0.1) is 12.7 Å². The summed E-state index contributed by atoms with van der Waals surface area (Å²) in [5.41, 5.74) is 3.52. The molecule has 194 valence electrons. The summed E-state index contributed by atoms with van der Waals surface area (Å²) in [7, 11) is -3.89. The first kappa shape index (κ1) is 26.5. The van der Waals surface area contributed by atoms with Crippen molar-refractivity contribution in [2.45, 2.75) is 56.9 Å². The summed E-state index contributed by atoms with van der Waals surface area (Å²) in [6.45, 7) is 6.43. The lowest BCUT2D eigenvalue weighted by Crippen LogP contribution is -2.42. The molecule has 2 atom stereocenters. The number of sulfonamides is 1. The molecular weight excluding hydrogens is 487 g/mol. The highest BCUT2D eigenvalue weighted by Crippen LogP contribution is 2.29. The Bertz CT molecular complexity index is 1360. The van der Waals surface area contributed by atoms with Gasteiger partial charge in [0.05, 0.1) is 23.2 Å². The van der Waals surface area contributed by atoms with Gasteiger partial charge in [-0.2, -0.15) is 5.10 Å². The van der Waals surface area contributed by atoms with Crippen molar-refractivity contribution in [2.75, 3.05) is 6.54 Å². The second-order valence-electron chi connectivity index (χ2n) is 9.26. The molecule has 1 aliphatic rings. The lowest BCUT2D eigenvalue weighted by atomic mass is 9.91. The smallest absolute Gasteiger partial charge is 0.248 e. The molecule has 3 aromatic rings. The van der Waals surface area contributed by atoms with Crippen LogP contribution in [-0.2, 0) is 10.0 Å². The van der Waals surface area contributed by atoms with E-state index in [1.165, 1.54) is 12.1 Å². The van der Waals surface area contributed by atoms with E-state index in [4.69, 9.17) is 10.1 Å². The summed E-state index contributed by atoms with van der Waals surface area (Å²) in [5, 5.41) is 6.49. The van der Waals surface area contributed by atoms with Gasteiger partial charge < -0.3 is 0 Å². The lowest BCUT2D eigenvalue weighted by molar-refractivity contribution is 0.452. The van der Waals surface area contributed by atoms with Crippen LogP contribution in [0.1, 0.15) is 55.7 Å². The highest BCUT2D eigenvalue weighted by molar-refractivity contribution is 7.90. The van der Waals surface area contributed by atoms with Crippen molar-refractivity contribution >= 4 is 21.7 Å². The van der Waals surface area contributed by atoms with Crippen molar-refractivity contribution in [3.8, 4) is 0 Å². The Kier molecular flexibility index (Phi) is 8.38. The molecule has 0 aromatic heterocycles. The Hall–Kier alpha value is -3.52. The number of nitrogens with one attached hydrogen (secondary N) is 1. The van der Waals surface area contributed by atoms with Gasteiger partial charge in [0.25, 0.3) is 10.0 Å². The van der Waals surface area contributed by atoms with Crippen molar-refractivity contribution in [1.29, 1.82) is 0 Å². The quantitative estimate of drug-likeness (QED) is 0.299. The first-order valence-electron chi connectivity index (χ1n) is 12.6. The van der Waals surface area contributed by atoms with Gasteiger partial charge in [0, 0.05) is 5.92 Å². The molecule has 1 heterocycles. The van der Waals surface area contributed by atoms with E-state index in [1.54, 1.807) is 41.4 Å². The van der Waals surface area contributed by atoms with Crippen LogP contribution >= 0.6 is 0 Å². The van der Waals surface area contributed by atoms with Crippen LogP contribution < -0.4 is 4.72 Å². The minimum atomic E-state index is -3.89. The van der Waals surface area contributed by atoms with Crippen LogP contribution in [0.5, 0.6) is 0 Å². The number of nitrogens with zero attached hydrogens (tertiary/aromatic N) is 3. The third-order valence-electron chi connectivity index (χ3n) is 6.46. The zero-order valence-corrected chi connectivity index (χ0v) is 22.2. The average molecular weight is 521 g/mol. The fourth-order valence-electron chi connectivity index (χ4n) is 4.37. The zero-order chi connectivity index (χ0) is 26.4. The Morgan fingerprint density at radius 1 is 1.05 bits per heavy atom. The zero-order valence-electron chi connectivity index (χ0n) is 21.4. The van der Waals surface area contributed by atoms with Gasteiger partial charge in [-0.3, -0.25) is 0 Å². The van der Waals surface area contributed by atoms with E-state index in [2.05, 4.69) is 11.6 Å². The Morgan fingerprint density at radius 3 is 2.35 bits per heavy atom. The van der Waals surface area contributed by atoms with Gasteiger partial charge in [0.2, 0.25) is 5.96 Å². The van der Waals surface area contributed by atoms with E-state index in [0.717, 1.165) is 41.7 Å². The fourth-order valence-corrected chi connectivity index (χ4v) is 5.38. The molecule has 0 spiro atoms. The molecular formula is C29H33FN4O2S. The third kappa shape index (κ3) is 6.43. The maximum atomic E-state index is 13.7. The molecule has 0 amide bonds. The molecule has 0 unspecified atom stereocenters. The molecule has 3 aromatic carbocycles. The Labute approximate surface area is 219 Å². The van der Waals surface area contributed by atoms with Gasteiger partial charge >= 0.3 is 0 Å². The monoisotopic (exact) mass is 520 g/mol. The number of hydrazone groups is 1. The number of hydrogen-bond donors (Lipinski definition) is 1. The summed E-state index contributed by atoms with van der Waals surface area (Å²) in [5.74, 6) is -0.278. The molecule has 0 fully saturated rings. The standard InChI is InChI=1S/C29H33FN4O2S/c1-4-9-25(5-2)31-29(33-37(35,36)26-18-12-21(3)13-19-26)34-20-27(22-10-7-6-8-11-22)28(32-34)23-14-16-24(30)17-15-23/h6-8,10-19,25,27H,4-5,9,20H2,1-3H3,(H,31,33)/t25-,27-/m0/s1. The van der Waals surface area contributed by atoms with E-state index in [0.29, 0.717) is 6.54 Å². The molecule has 1 aliphatic heterocycles. The number of rotatable bonds is 8. The summed E-state index contributed by atoms with van der Waals surface area (Å²) < 4.78 is 43.1. The van der Waals surface area contributed by atoms with Gasteiger partial charge in [0.1, 0.15) is 5.82 Å². The summed E-state index contributed by atoms with van der Waals surface area (Å²) >= 11 is 0. The van der Waals surface area contributed by atoms with Gasteiger partial charge in [-0.05, 0) is 55.2 Å². The molecule has 0 saturated heterocycles. The normalized spacial score (nSPS) is 17.0. The Morgan fingerprint density at radius 2 is 1.73 bits per heavy atom. The van der Waals surface area contributed by atoms with E-state index < -0.39 is 10.0 Å². The predicted molar refractivity (Wildman–Crippen MR) is 147 cm³/mol. The van der Waals surface area contributed by atoms with Crippen LogP contribution in [-0.4, -0.2) is 37.7 Å². The van der Waals surface area contributed by atoms with E-state index >= 15 is 0 Å². The highest BCUT2D eigenvalue weighted by Gasteiger charge is 2.33. The van der Waals surface area contributed by atoms with Crippen molar-refractivity contribution in [3.05, 3.63) is 101 Å². The van der Waals surface area contributed by atoms with E-state index in [1.807, 2.05) is 44.2 Å². The molecule has 0 saturated carbocycles. The van der Waals surface area contributed by atoms with Crippen LogP contribution in [0.4, 0.5) is 4.39 Å². The first-order valence-corrected chi connectivity index (χ1v) is 14.1. The van der Waals surface area contributed by atoms with Gasteiger partial charge in [-0.15, -0.1) is 0 Å². The van der Waals surface area contributed by atoms with Gasteiger partial charge in [0.15, 0.2) is 0 Å². The summed E-state index contributed by atoms with van der Waals surface area (Å²) in [6, 6.07) is 22.8. The van der Waals surface area contributed by atoms with Crippen molar-refractivity contribution in [1.82, 2.24) is 9.73 Å². The van der Waals surface area contributed by atoms with Crippen LogP contribution in [0.25, 0.3) is 0 Å². The van der Waals surface area contributed by atoms with Crippen molar-refractivity contribution in [3.63, 3.8) is 0 Å². The largest absolute Gasteiger partial charge is 0.264 e. The van der Waals surface area contributed by atoms with Crippen LogP contribution in [0.3, 0.4) is 0 Å². The Balaban J connectivity index is 1.76. The lowest BCUT2D eigenvalue weighted by Gasteiger charge is -2.22. The number of guanidine groups is 1. The third-order valence-corrected chi connectivity index (χ3v) is 7.80. The highest BCUT2D eigenvalue weighted by atomic mass is 32.2. The summed E-state index contributed by atoms with van der Waals surface area (Å²) in [4.78, 5) is 5.01. The van der Waals surface area contributed by atoms with Crippen LogP contribution in [0.15, 0.2) is 93.9 Å². The maximum absolute atomic E-state index is 13.7. The summed E-state index contributed by atoms with van der Waals surface area (Å²) in [6.07, 6.45) is 2.53. The van der Waals surface area contributed by atoms with Gasteiger partial charge in [-0.1, -0.05) is 80.4 Å². The fraction of sp³-hybridized carbons (Fsp3) is 0.310. The van der Waals surface area contributed by atoms with Crippen LogP contribution in [0.2, 0.25) is 0 Å². The number of aliphatic imine (C=N–C) groups is 1. The van der Waals surface area contributed by atoms with Gasteiger partial charge in [-0.25, -0.2) is 27.5 Å². The molecule has 0 aliphatic carbocycles. The van der Waals surface area contributed by atoms with Crippen molar-refractivity contribution < 1.29 is 12.8 Å². The minimum Gasteiger partial charge on any atom is -0.248 e. The maximum Gasteiger partial charge on any atom is 0.264 e. The first-order chi connectivity index (χ1) is 17.8. The van der Waals surface area contributed by atoms with E-state index in [-0.39, 0.29) is 28.6 Å². The average Bonchev–Trinajstić information content (AvgIpc) is 3.34. The molecule has 4 rings (SSSR count). The van der Waals surface area contributed by atoms with E-state index in [9.17, 15) is 12.8 Å². The molecule has 0 bridgehead atoms. The number of aryl methyl sites for hydroxylation is 1. The number of halogens is 1. The molecule has 0 radical (unpaired) electrons. The minimum absolute atomic E-state index is 0.0547. The predicted octanol–water partition coefficient (Wildman–Crippen LogP) is 5.85. The second kappa shape index (κ2) is 11.7. The SMILES string of the molecule is CCC[C@H](CC)N=C(NS(=O)(=O)c1ccc(C)cc1)N1C[C@@H](c2ccccc2)C(c2ccc(F)cc2)=N1. The molecule has 37 heavy (non-hydrogen) atoms. The number of hydrogen-bond acceptors (Lipinski definition) is 4. The second-order valence-corrected chi connectivity index (χ2v) is 10.9. The molecule has 6 nitrogen and oxygen atoms in total. The molecule has 1 N–H and O–H groups in total. The number of benzene rings is 3. The topological polar surface area (TPSA) is 74.1 Å².